The fraction of sp³-hybridized carbons (Fsp3) is 1.00. The van der Waals surface area contributed by atoms with Crippen molar-refractivity contribution in [2.75, 3.05) is 20.8 Å². The first-order chi connectivity index (χ1) is 6.65. The molecule has 14 heavy (non-hydrogen) atoms. The molecule has 2 bridgehead atoms. The lowest BCUT2D eigenvalue weighted by atomic mass is 9.90. The Labute approximate surface area is 90.3 Å². The molecule has 0 aromatic rings. The lowest BCUT2D eigenvalue weighted by molar-refractivity contribution is -0.111. The van der Waals surface area contributed by atoms with Crippen LogP contribution in [-0.2, 0) is 14.2 Å². The standard InChI is InChI=1S/C9H15BO3S/c1-5-9(4-11-2)7(12-3)6(14-5)8(10)13-9/h5-8H,4H2,1-3H3/t5?,6-,7?,8+,9+/m0/s1. The molecule has 2 unspecified atom stereocenters. The van der Waals surface area contributed by atoms with Crippen molar-refractivity contribution in [1.29, 1.82) is 0 Å². The highest BCUT2D eigenvalue weighted by Crippen LogP contribution is 2.52. The van der Waals surface area contributed by atoms with Gasteiger partial charge in [0.25, 0.3) is 0 Å². The molecule has 2 fully saturated rings. The van der Waals surface area contributed by atoms with E-state index in [9.17, 15) is 0 Å². The molecule has 0 N–H and O–H groups in total. The van der Waals surface area contributed by atoms with E-state index in [0.29, 0.717) is 11.9 Å². The molecule has 2 aliphatic rings. The number of fused-ring (bicyclic) bond motifs is 2. The van der Waals surface area contributed by atoms with Crippen LogP contribution >= 0.6 is 11.8 Å². The third-order valence-electron chi connectivity index (χ3n) is 3.13. The number of thioether (sulfide) groups is 1. The average Bonchev–Trinajstić information content (AvgIpc) is 2.54. The Morgan fingerprint density at radius 1 is 1.50 bits per heavy atom. The molecule has 2 aliphatic heterocycles. The Bertz CT molecular complexity index is 228. The summed E-state index contributed by atoms with van der Waals surface area (Å²) >= 11 is 1.84. The quantitative estimate of drug-likeness (QED) is 0.636. The van der Waals surface area contributed by atoms with Gasteiger partial charge >= 0.3 is 0 Å². The van der Waals surface area contributed by atoms with Gasteiger partial charge in [-0.3, -0.25) is 0 Å². The molecule has 2 radical (unpaired) electrons. The van der Waals surface area contributed by atoms with E-state index < -0.39 is 0 Å². The summed E-state index contributed by atoms with van der Waals surface area (Å²) in [4.78, 5) is 0. The maximum Gasteiger partial charge on any atom is 0.129 e. The van der Waals surface area contributed by atoms with Crippen LogP contribution in [0.2, 0.25) is 0 Å². The van der Waals surface area contributed by atoms with Crippen LogP contribution in [0, 0.1) is 0 Å². The second-order valence-electron chi connectivity index (χ2n) is 3.87. The molecule has 2 saturated heterocycles. The normalized spacial score (nSPS) is 51.4. The minimum atomic E-state index is -0.349. The van der Waals surface area contributed by atoms with Crippen molar-refractivity contribution in [3.63, 3.8) is 0 Å². The molecule has 3 nitrogen and oxygen atoms in total. The Morgan fingerprint density at radius 3 is 2.79 bits per heavy atom. The third-order valence-corrected chi connectivity index (χ3v) is 4.77. The van der Waals surface area contributed by atoms with Crippen LogP contribution < -0.4 is 0 Å². The van der Waals surface area contributed by atoms with Crippen molar-refractivity contribution in [3.8, 4) is 0 Å². The first-order valence-corrected chi connectivity index (χ1v) is 5.70. The smallest absolute Gasteiger partial charge is 0.129 e. The molecule has 2 heterocycles. The largest absolute Gasteiger partial charge is 0.382 e. The molecule has 0 spiro atoms. The van der Waals surface area contributed by atoms with E-state index in [1.165, 1.54) is 0 Å². The van der Waals surface area contributed by atoms with Crippen molar-refractivity contribution >= 4 is 19.6 Å². The van der Waals surface area contributed by atoms with Crippen LogP contribution in [0.4, 0.5) is 0 Å². The number of hydrogen-bond acceptors (Lipinski definition) is 4. The summed E-state index contributed by atoms with van der Waals surface area (Å²) < 4.78 is 16.5. The fourth-order valence-electron chi connectivity index (χ4n) is 2.46. The predicted octanol–water partition coefficient (Wildman–Crippen LogP) is 0.415. The van der Waals surface area contributed by atoms with Crippen molar-refractivity contribution in [3.05, 3.63) is 0 Å². The molecule has 5 atom stereocenters. The van der Waals surface area contributed by atoms with E-state index in [2.05, 4.69) is 6.92 Å². The summed E-state index contributed by atoms with van der Waals surface area (Å²) in [6, 6.07) is -0.226. The second kappa shape index (κ2) is 3.70. The van der Waals surface area contributed by atoms with Gasteiger partial charge in [0.1, 0.15) is 19.6 Å². The molecule has 0 aromatic carbocycles. The van der Waals surface area contributed by atoms with E-state index >= 15 is 0 Å². The maximum atomic E-state index is 5.88. The fourth-order valence-corrected chi connectivity index (χ4v) is 4.11. The Hall–Kier alpha value is 0.295. The van der Waals surface area contributed by atoms with Crippen LogP contribution in [0.25, 0.3) is 0 Å². The van der Waals surface area contributed by atoms with Gasteiger partial charge in [-0.05, 0) is 0 Å². The summed E-state index contributed by atoms with van der Waals surface area (Å²) in [5.41, 5.74) is -0.349. The van der Waals surface area contributed by atoms with E-state index in [0.717, 1.165) is 0 Å². The Balaban J connectivity index is 2.25. The van der Waals surface area contributed by atoms with Gasteiger partial charge in [-0.1, -0.05) is 6.92 Å². The van der Waals surface area contributed by atoms with Gasteiger partial charge in [-0.25, -0.2) is 0 Å². The summed E-state index contributed by atoms with van der Waals surface area (Å²) in [7, 11) is 9.28. The minimum absolute atomic E-state index is 0.0532. The molecular formula is C9H15BO3S. The predicted molar refractivity (Wildman–Crippen MR) is 56.9 cm³/mol. The molecule has 0 aromatic heterocycles. The number of ether oxygens (including phenoxy) is 3. The summed E-state index contributed by atoms with van der Waals surface area (Å²) in [5, 5.41) is 0.613. The van der Waals surface area contributed by atoms with Gasteiger partial charge in [-0.15, -0.1) is 11.8 Å². The summed E-state index contributed by atoms with van der Waals surface area (Å²) in [6.45, 7) is 2.69. The molecular weight excluding hydrogens is 199 g/mol. The van der Waals surface area contributed by atoms with Gasteiger partial charge in [-0.2, -0.15) is 0 Å². The van der Waals surface area contributed by atoms with Crippen molar-refractivity contribution in [1.82, 2.24) is 0 Å². The van der Waals surface area contributed by atoms with Gasteiger partial charge in [0.2, 0.25) is 0 Å². The topological polar surface area (TPSA) is 27.7 Å². The molecule has 0 amide bonds. The Morgan fingerprint density at radius 2 is 2.21 bits per heavy atom. The highest BCUT2D eigenvalue weighted by atomic mass is 32.2. The maximum absolute atomic E-state index is 5.88. The zero-order chi connectivity index (χ0) is 10.3. The highest BCUT2D eigenvalue weighted by molar-refractivity contribution is 8.01. The van der Waals surface area contributed by atoms with Crippen molar-refractivity contribution < 1.29 is 14.2 Å². The molecule has 5 heteroatoms. The van der Waals surface area contributed by atoms with Crippen molar-refractivity contribution in [2.24, 2.45) is 0 Å². The van der Waals surface area contributed by atoms with E-state index in [1.54, 1.807) is 14.2 Å². The average molecular weight is 214 g/mol. The van der Waals surface area contributed by atoms with Gasteiger partial charge < -0.3 is 14.2 Å². The number of hydrogen-bond donors (Lipinski definition) is 0. The number of methoxy groups -OCH3 is 2. The summed E-state index contributed by atoms with van der Waals surface area (Å²) in [6.07, 6.45) is 0.0532. The third kappa shape index (κ3) is 1.26. The summed E-state index contributed by atoms with van der Waals surface area (Å²) in [5.74, 6) is 0. The van der Waals surface area contributed by atoms with Crippen LogP contribution in [0.1, 0.15) is 6.92 Å². The van der Waals surface area contributed by atoms with Crippen molar-refractivity contribution in [2.45, 2.75) is 35.1 Å². The first kappa shape index (κ1) is 10.8. The Kier molecular flexibility index (Phi) is 2.86. The van der Waals surface area contributed by atoms with Gasteiger partial charge in [0.15, 0.2) is 0 Å². The number of rotatable bonds is 3. The van der Waals surface area contributed by atoms with Crippen LogP contribution in [-0.4, -0.2) is 56.9 Å². The lowest BCUT2D eigenvalue weighted by Gasteiger charge is -2.35. The molecule has 78 valence electrons. The van der Waals surface area contributed by atoms with E-state index in [1.807, 2.05) is 11.8 Å². The molecule has 2 rings (SSSR count). The monoisotopic (exact) mass is 214 g/mol. The van der Waals surface area contributed by atoms with Gasteiger partial charge in [0, 0.05) is 25.5 Å². The first-order valence-electron chi connectivity index (χ1n) is 4.76. The van der Waals surface area contributed by atoms with E-state index in [4.69, 9.17) is 22.1 Å². The lowest BCUT2D eigenvalue weighted by Crippen LogP contribution is -2.49. The zero-order valence-electron chi connectivity index (χ0n) is 8.73. The highest BCUT2D eigenvalue weighted by Gasteiger charge is 2.63. The molecule has 0 aliphatic carbocycles. The minimum Gasteiger partial charge on any atom is -0.382 e. The molecule has 0 saturated carbocycles. The SMILES string of the molecule is [B][C@@H]1O[C@]2(COC)C(C)S[C@H]1C2OC. The van der Waals surface area contributed by atoms with Gasteiger partial charge in [0.05, 0.1) is 11.9 Å². The zero-order valence-corrected chi connectivity index (χ0v) is 9.54. The van der Waals surface area contributed by atoms with E-state index in [-0.39, 0.29) is 23.0 Å². The van der Waals surface area contributed by atoms with Crippen LogP contribution in [0.3, 0.4) is 0 Å². The second-order valence-corrected chi connectivity index (χ2v) is 5.39. The van der Waals surface area contributed by atoms with Crippen LogP contribution in [0.5, 0.6) is 0 Å². The van der Waals surface area contributed by atoms with Crippen LogP contribution in [0.15, 0.2) is 0 Å².